The zero-order chi connectivity index (χ0) is 11.3. The van der Waals surface area contributed by atoms with E-state index in [-0.39, 0.29) is 5.91 Å². The Morgan fingerprint density at radius 1 is 1.33 bits per heavy atom. The van der Waals surface area contributed by atoms with Gasteiger partial charge in [0, 0.05) is 26.7 Å². The van der Waals surface area contributed by atoms with Crippen molar-refractivity contribution in [3.63, 3.8) is 0 Å². The molecule has 1 amide bonds. The van der Waals surface area contributed by atoms with E-state index in [1.54, 1.807) is 6.21 Å². The van der Waals surface area contributed by atoms with Crippen LogP contribution in [-0.4, -0.2) is 26.2 Å². The van der Waals surface area contributed by atoms with Crippen molar-refractivity contribution >= 4 is 17.8 Å². The second-order valence-corrected chi connectivity index (χ2v) is 3.41. The van der Waals surface area contributed by atoms with Gasteiger partial charge in [0.2, 0.25) is 5.91 Å². The molecule has 0 radical (unpaired) electrons. The van der Waals surface area contributed by atoms with Crippen LogP contribution in [-0.2, 0) is 4.79 Å². The molecule has 0 saturated carbocycles. The van der Waals surface area contributed by atoms with Gasteiger partial charge in [0.1, 0.15) is 0 Å². The summed E-state index contributed by atoms with van der Waals surface area (Å²) in [5.41, 5.74) is 4.44. The minimum Gasteiger partial charge on any atom is -0.378 e. The lowest BCUT2D eigenvalue weighted by molar-refractivity contribution is -0.118. The van der Waals surface area contributed by atoms with Crippen LogP contribution in [0.15, 0.2) is 29.4 Å². The Morgan fingerprint density at radius 3 is 2.40 bits per heavy atom. The molecule has 4 nitrogen and oxygen atoms in total. The smallest absolute Gasteiger partial charge is 0.236 e. The van der Waals surface area contributed by atoms with Crippen LogP contribution in [0.25, 0.3) is 0 Å². The summed E-state index contributed by atoms with van der Waals surface area (Å²) in [7, 11) is 3.97. The Balaban J connectivity index is 2.64. The molecule has 1 rings (SSSR count). The molecule has 0 heterocycles. The highest BCUT2D eigenvalue weighted by Crippen LogP contribution is 2.10. The number of nitrogens with zero attached hydrogens (tertiary/aromatic N) is 2. The molecule has 0 aliphatic rings. The number of anilines is 1. The maximum Gasteiger partial charge on any atom is 0.236 e. The maximum atomic E-state index is 10.5. The van der Waals surface area contributed by atoms with E-state index in [1.165, 1.54) is 6.92 Å². The SMILES string of the molecule is CC(=O)NN=Cc1ccc(N(C)C)cc1. The third kappa shape index (κ3) is 3.81. The summed E-state index contributed by atoms with van der Waals surface area (Å²) in [6.07, 6.45) is 1.61. The number of amides is 1. The van der Waals surface area contributed by atoms with E-state index in [0.717, 1.165) is 11.3 Å². The Labute approximate surface area is 89.6 Å². The number of carbonyl (C=O) groups excluding carboxylic acids is 1. The van der Waals surface area contributed by atoms with E-state index in [2.05, 4.69) is 10.5 Å². The van der Waals surface area contributed by atoms with Gasteiger partial charge in [-0.2, -0.15) is 5.10 Å². The van der Waals surface area contributed by atoms with Gasteiger partial charge in [-0.15, -0.1) is 0 Å². The first-order chi connectivity index (χ1) is 7.09. The van der Waals surface area contributed by atoms with Crippen LogP contribution >= 0.6 is 0 Å². The first-order valence-corrected chi connectivity index (χ1v) is 4.66. The summed E-state index contributed by atoms with van der Waals surface area (Å²) in [6.45, 7) is 1.42. The lowest BCUT2D eigenvalue weighted by atomic mass is 10.2. The molecule has 0 spiro atoms. The summed E-state index contributed by atoms with van der Waals surface area (Å²) in [5, 5.41) is 3.78. The third-order valence-electron chi connectivity index (χ3n) is 1.85. The van der Waals surface area contributed by atoms with Gasteiger partial charge in [-0.25, -0.2) is 5.43 Å². The molecule has 0 aliphatic carbocycles. The zero-order valence-electron chi connectivity index (χ0n) is 9.19. The van der Waals surface area contributed by atoms with E-state index in [9.17, 15) is 4.79 Å². The minimum absolute atomic E-state index is 0.170. The van der Waals surface area contributed by atoms with E-state index >= 15 is 0 Å². The Hall–Kier alpha value is -1.84. The fraction of sp³-hybridized carbons (Fsp3) is 0.273. The highest BCUT2D eigenvalue weighted by Gasteiger charge is 1.93. The molecule has 4 heteroatoms. The second-order valence-electron chi connectivity index (χ2n) is 3.41. The van der Waals surface area contributed by atoms with Crippen LogP contribution in [0.5, 0.6) is 0 Å². The predicted octanol–water partition coefficient (Wildman–Crippen LogP) is 1.22. The van der Waals surface area contributed by atoms with Gasteiger partial charge in [0.15, 0.2) is 0 Å². The monoisotopic (exact) mass is 205 g/mol. The zero-order valence-corrected chi connectivity index (χ0v) is 9.19. The van der Waals surface area contributed by atoms with Gasteiger partial charge in [0.25, 0.3) is 0 Å². The molecule has 0 bridgehead atoms. The lowest BCUT2D eigenvalue weighted by Crippen LogP contribution is -2.12. The summed E-state index contributed by atoms with van der Waals surface area (Å²) >= 11 is 0. The topological polar surface area (TPSA) is 44.7 Å². The molecule has 1 aromatic carbocycles. The summed E-state index contributed by atoms with van der Waals surface area (Å²) in [5.74, 6) is -0.170. The molecular formula is C11H15N3O. The highest BCUT2D eigenvalue weighted by molar-refractivity contribution is 5.82. The van der Waals surface area contributed by atoms with Gasteiger partial charge < -0.3 is 4.90 Å². The van der Waals surface area contributed by atoms with Gasteiger partial charge in [-0.1, -0.05) is 12.1 Å². The number of carbonyl (C=O) groups is 1. The Bertz CT molecular complexity index is 355. The average molecular weight is 205 g/mol. The first kappa shape index (κ1) is 11.2. The van der Waals surface area contributed by atoms with E-state index in [0.29, 0.717) is 0 Å². The standard InChI is InChI=1S/C11H15N3O/c1-9(15)13-12-8-10-4-6-11(7-5-10)14(2)3/h4-8H,1-3H3,(H,13,15). The normalized spacial score (nSPS) is 10.3. The number of hydrazone groups is 1. The van der Waals surface area contributed by atoms with Crippen molar-refractivity contribution < 1.29 is 4.79 Å². The summed E-state index contributed by atoms with van der Waals surface area (Å²) < 4.78 is 0. The fourth-order valence-corrected chi connectivity index (χ4v) is 1.06. The van der Waals surface area contributed by atoms with Gasteiger partial charge in [-0.3, -0.25) is 4.79 Å². The second kappa shape index (κ2) is 5.14. The quantitative estimate of drug-likeness (QED) is 0.595. The molecular weight excluding hydrogens is 190 g/mol. The highest BCUT2D eigenvalue weighted by atomic mass is 16.2. The van der Waals surface area contributed by atoms with E-state index in [4.69, 9.17) is 0 Å². The molecule has 1 aromatic rings. The van der Waals surface area contributed by atoms with E-state index < -0.39 is 0 Å². The number of hydrogen-bond acceptors (Lipinski definition) is 3. The molecule has 0 aromatic heterocycles. The maximum absolute atomic E-state index is 10.5. The van der Waals surface area contributed by atoms with Crippen molar-refractivity contribution in [1.29, 1.82) is 0 Å². The van der Waals surface area contributed by atoms with Crippen molar-refractivity contribution in [3.8, 4) is 0 Å². The first-order valence-electron chi connectivity index (χ1n) is 4.66. The van der Waals surface area contributed by atoms with Crippen molar-refractivity contribution in [2.45, 2.75) is 6.92 Å². The number of hydrogen-bond donors (Lipinski definition) is 1. The van der Waals surface area contributed by atoms with Crippen LogP contribution in [0.1, 0.15) is 12.5 Å². The van der Waals surface area contributed by atoms with Crippen LogP contribution in [0, 0.1) is 0 Å². The molecule has 0 aliphatic heterocycles. The number of benzene rings is 1. The Morgan fingerprint density at radius 2 is 1.93 bits per heavy atom. The van der Waals surface area contributed by atoms with Crippen molar-refractivity contribution in [1.82, 2.24) is 5.43 Å². The van der Waals surface area contributed by atoms with Crippen LogP contribution in [0.3, 0.4) is 0 Å². The van der Waals surface area contributed by atoms with Crippen LogP contribution in [0.2, 0.25) is 0 Å². The predicted molar refractivity (Wildman–Crippen MR) is 62.2 cm³/mol. The Kier molecular flexibility index (Phi) is 3.85. The molecule has 0 atom stereocenters. The van der Waals surface area contributed by atoms with Gasteiger partial charge >= 0.3 is 0 Å². The third-order valence-corrected chi connectivity index (χ3v) is 1.85. The van der Waals surface area contributed by atoms with Crippen LogP contribution < -0.4 is 10.3 Å². The van der Waals surface area contributed by atoms with Gasteiger partial charge in [-0.05, 0) is 17.7 Å². The number of rotatable bonds is 3. The molecule has 80 valence electrons. The van der Waals surface area contributed by atoms with Crippen molar-refractivity contribution in [2.24, 2.45) is 5.10 Å². The van der Waals surface area contributed by atoms with Crippen molar-refractivity contribution in [2.75, 3.05) is 19.0 Å². The average Bonchev–Trinajstić information content (AvgIpc) is 2.18. The number of nitrogens with one attached hydrogen (secondary N) is 1. The largest absolute Gasteiger partial charge is 0.378 e. The molecule has 0 unspecified atom stereocenters. The molecule has 0 fully saturated rings. The molecule has 15 heavy (non-hydrogen) atoms. The molecule has 1 N–H and O–H groups in total. The molecule has 0 saturated heterocycles. The van der Waals surface area contributed by atoms with E-state index in [1.807, 2.05) is 43.3 Å². The summed E-state index contributed by atoms with van der Waals surface area (Å²) in [4.78, 5) is 12.6. The lowest BCUT2D eigenvalue weighted by Gasteiger charge is -2.11. The van der Waals surface area contributed by atoms with Crippen molar-refractivity contribution in [3.05, 3.63) is 29.8 Å². The minimum atomic E-state index is -0.170. The summed E-state index contributed by atoms with van der Waals surface area (Å²) in [6, 6.07) is 7.88. The van der Waals surface area contributed by atoms with Gasteiger partial charge in [0.05, 0.1) is 6.21 Å². The van der Waals surface area contributed by atoms with Crippen LogP contribution in [0.4, 0.5) is 5.69 Å². The fourth-order valence-electron chi connectivity index (χ4n) is 1.06.